The number of para-hydroxylation sites is 5. The normalized spacial score (nSPS) is 12.0. The zero-order valence-corrected chi connectivity index (χ0v) is 39.3. The highest BCUT2D eigenvalue weighted by atomic mass is 28.3. The van der Waals surface area contributed by atoms with Crippen molar-refractivity contribution in [2.75, 3.05) is 0 Å². The van der Waals surface area contributed by atoms with Crippen LogP contribution in [0.1, 0.15) is 0 Å². The number of fused-ring (bicyclic) bond motifs is 9. The van der Waals surface area contributed by atoms with Crippen molar-refractivity contribution < 1.29 is 0 Å². The molecule has 14 aromatic rings. The molecule has 3 nitrogen and oxygen atoms in total. The molecule has 11 aromatic carbocycles. The highest BCUT2D eigenvalue weighted by Gasteiger charge is 2.43. The Hall–Kier alpha value is -8.96. The molecule has 328 valence electrons. The number of nitrogens with zero attached hydrogens (tertiary/aromatic N) is 3. The van der Waals surface area contributed by atoms with Crippen LogP contribution in [0.5, 0.6) is 0 Å². The van der Waals surface area contributed by atoms with Crippen molar-refractivity contribution in [2.45, 2.75) is 0 Å². The van der Waals surface area contributed by atoms with E-state index in [4.69, 9.17) is 0 Å². The fourth-order valence-corrected chi connectivity index (χ4v) is 16.8. The smallest absolute Gasteiger partial charge is 0.181 e. The molecule has 0 radical (unpaired) electrons. The standard InChI is InChI=1S/C66H45N3Si/c1-5-22-46(23-6-1)52-30-13-17-35-59(52)69-63-43-41-47(44-58(63)56-42-40-48(45-64(56)69)67-60-36-18-14-31-53(60)54-32-15-19-37-61(54)67)68-62-38-20-16-33-55(62)57-34-21-39-65(66(57)68)70(49-24-7-2-8-25-49,50-26-9-3-10-27-50)51-28-11-4-12-29-51/h1-45H. The average molecular weight is 908 g/mol. The molecule has 0 saturated carbocycles. The Morgan fingerprint density at radius 2 is 0.700 bits per heavy atom. The third-order valence-corrected chi connectivity index (χ3v) is 19.6. The first-order chi connectivity index (χ1) is 34.8. The van der Waals surface area contributed by atoms with Crippen LogP contribution in [-0.2, 0) is 0 Å². The number of benzene rings is 11. The minimum Gasteiger partial charge on any atom is -0.309 e. The molecule has 0 atom stereocenters. The van der Waals surface area contributed by atoms with Crippen LogP contribution in [0.2, 0.25) is 0 Å². The van der Waals surface area contributed by atoms with Crippen molar-refractivity contribution in [3.63, 3.8) is 0 Å². The molecule has 0 spiro atoms. The predicted molar refractivity (Wildman–Crippen MR) is 299 cm³/mol. The molecule has 14 rings (SSSR count). The van der Waals surface area contributed by atoms with E-state index in [1.165, 1.54) is 86.3 Å². The van der Waals surface area contributed by atoms with E-state index in [1.807, 2.05) is 0 Å². The van der Waals surface area contributed by atoms with Gasteiger partial charge < -0.3 is 13.7 Å². The Morgan fingerprint density at radius 3 is 1.31 bits per heavy atom. The van der Waals surface area contributed by atoms with Crippen molar-refractivity contribution in [1.82, 2.24) is 13.7 Å². The summed E-state index contributed by atoms with van der Waals surface area (Å²) in [6, 6.07) is 101. The molecule has 0 fully saturated rings. The summed E-state index contributed by atoms with van der Waals surface area (Å²) in [5.41, 5.74) is 12.9. The molecule has 0 N–H and O–H groups in total. The Balaban J connectivity index is 1.09. The second kappa shape index (κ2) is 16.1. The summed E-state index contributed by atoms with van der Waals surface area (Å²) in [7, 11) is -2.97. The summed E-state index contributed by atoms with van der Waals surface area (Å²) in [5, 5.41) is 12.8. The van der Waals surface area contributed by atoms with Crippen molar-refractivity contribution >= 4 is 94.2 Å². The van der Waals surface area contributed by atoms with Gasteiger partial charge in [-0.05, 0) is 80.9 Å². The van der Waals surface area contributed by atoms with Gasteiger partial charge in [-0.3, -0.25) is 0 Å². The molecule has 3 aromatic heterocycles. The maximum Gasteiger partial charge on any atom is 0.181 e. The van der Waals surface area contributed by atoms with Crippen LogP contribution in [0.15, 0.2) is 273 Å². The highest BCUT2D eigenvalue weighted by Crippen LogP contribution is 2.41. The van der Waals surface area contributed by atoms with Gasteiger partial charge >= 0.3 is 0 Å². The summed E-state index contributed by atoms with van der Waals surface area (Å²) < 4.78 is 7.51. The largest absolute Gasteiger partial charge is 0.309 e. The van der Waals surface area contributed by atoms with Gasteiger partial charge in [-0.2, -0.15) is 0 Å². The Bertz CT molecular complexity index is 4130. The van der Waals surface area contributed by atoms with Gasteiger partial charge in [0.2, 0.25) is 0 Å². The first kappa shape index (κ1) is 40.1. The second-order valence-corrected chi connectivity index (χ2v) is 22.2. The van der Waals surface area contributed by atoms with Gasteiger partial charge in [-0.15, -0.1) is 0 Å². The predicted octanol–water partition coefficient (Wildman–Crippen LogP) is 14.0. The van der Waals surface area contributed by atoms with Crippen LogP contribution in [0.25, 0.3) is 93.6 Å². The summed E-state index contributed by atoms with van der Waals surface area (Å²) in [6.07, 6.45) is 0. The maximum absolute atomic E-state index is 2.97. The molecule has 0 amide bonds. The molecule has 0 aliphatic heterocycles. The van der Waals surface area contributed by atoms with Crippen LogP contribution in [0.3, 0.4) is 0 Å². The van der Waals surface area contributed by atoms with Gasteiger partial charge in [0.1, 0.15) is 0 Å². The summed E-state index contributed by atoms with van der Waals surface area (Å²) in [6.45, 7) is 0. The fourth-order valence-electron chi connectivity index (χ4n) is 11.9. The highest BCUT2D eigenvalue weighted by molar-refractivity contribution is 7.20. The molecule has 0 aliphatic carbocycles. The van der Waals surface area contributed by atoms with E-state index in [9.17, 15) is 0 Å². The van der Waals surface area contributed by atoms with Crippen molar-refractivity contribution in [3.05, 3.63) is 273 Å². The van der Waals surface area contributed by atoms with Crippen molar-refractivity contribution in [1.29, 1.82) is 0 Å². The fraction of sp³-hybridized carbons (Fsp3) is 0. The van der Waals surface area contributed by atoms with Crippen LogP contribution < -0.4 is 20.7 Å². The maximum atomic E-state index is 2.57. The van der Waals surface area contributed by atoms with Crippen LogP contribution in [0, 0.1) is 0 Å². The monoisotopic (exact) mass is 907 g/mol. The van der Waals surface area contributed by atoms with Gasteiger partial charge in [0.25, 0.3) is 0 Å². The van der Waals surface area contributed by atoms with Crippen molar-refractivity contribution in [3.8, 4) is 28.2 Å². The molecule has 0 aliphatic rings. The van der Waals surface area contributed by atoms with Gasteiger partial charge in [-0.1, -0.05) is 218 Å². The van der Waals surface area contributed by atoms with Crippen molar-refractivity contribution in [2.24, 2.45) is 0 Å². The van der Waals surface area contributed by atoms with Gasteiger partial charge in [0, 0.05) is 49.3 Å². The quantitative estimate of drug-likeness (QED) is 0.107. The third-order valence-electron chi connectivity index (χ3n) is 14.8. The third kappa shape index (κ3) is 5.94. The molecule has 4 heteroatoms. The summed E-state index contributed by atoms with van der Waals surface area (Å²) >= 11 is 0. The van der Waals surface area contributed by atoms with Gasteiger partial charge in [0.15, 0.2) is 8.07 Å². The lowest BCUT2D eigenvalue weighted by Gasteiger charge is -2.35. The van der Waals surface area contributed by atoms with Crippen LogP contribution in [0.4, 0.5) is 0 Å². The average Bonchev–Trinajstić information content (AvgIpc) is 4.08. The molecule has 70 heavy (non-hydrogen) atoms. The molecule has 0 unspecified atom stereocenters. The van der Waals surface area contributed by atoms with E-state index >= 15 is 0 Å². The van der Waals surface area contributed by atoms with E-state index in [0.717, 1.165) is 28.1 Å². The number of aromatic nitrogens is 3. The van der Waals surface area contributed by atoms with E-state index in [2.05, 4.69) is 287 Å². The summed E-state index contributed by atoms with van der Waals surface area (Å²) in [5.74, 6) is 0. The van der Waals surface area contributed by atoms with Crippen LogP contribution in [-0.4, -0.2) is 21.8 Å². The summed E-state index contributed by atoms with van der Waals surface area (Å²) in [4.78, 5) is 0. The zero-order valence-electron chi connectivity index (χ0n) is 38.3. The van der Waals surface area contributed by atoms with Gasteiger partial charge in [-0.25, -0.2) is 0 Å². The Morgan fingerprint density at radius 1 is 0.257 bits per heavy atom. The van der Waals surface area contributed by atoms with E-state index in [-0.39, 0.29) is 0 Å². The first-order valence-corrected chi connectivity index (χ1v) is 26.2. The Kier molecular flexibility index (Phi) is 9.23. The SMILES string of the molecule is c1ccc(-c2ccccc2-n2c3ccc(-n4c5ccccc5c5cccc([Si](c6ccccc6)(c6ccccc6)c6ccccc6)c54)cc3c3ccc(-n4c5ccccc5c5ccccc54)cc32)cc1. The zero-order chi connectivity index (χ0) is 46.2. The lowest BCUT2D eigenvalue weighted by Crippen LogP contribution is -2.75. The number of hydrogen-bond donors (Lipinski definition) is 0. The van der Waals surface area contributed by atoms with E-state index in [0.29, 0.717) is 0 Å². The number of rotatable bonds is 8. The lowest BCUT2D eigenvalue weighted by atomic mass is 10.0. The topological polar surface area (TPSA) is 14.8 Å². The molecule has 3 heterocycles. The number of hydrogen-bond acceptors (Lipinski definition) is 0. The van der Waals surface area contributed by atoms with E-state index < -0.39 is 8.07 Å². The van der Waals surface area contributed by atoms with Gasteiger partial charge in [0.05, 0.1) is 38.8 Å². The molecule has 0 saturated heterocycles. The first-order valence-electron chi connectivity index (χ1n) is 24.2. The van der Waals surface area contributed by atoms with E-state index in [1.54, 1.807) is 0 Å². The molecular formula is C66H45N3Si. The molecular weight excluding hydrogens is 863 g/mol. The lowest BCUT2D eigenvalue weighted by molar-refractivity contribution is 1.15. The second-order valence-electron chi connectivity index (χ2n) is 18.4. The minimum atomic E-state index is -2.97. The molecule has 0 bridgehead atoms. The Labute approximate surface area is 407 Å². The minimum absolute atomic E-state index is 1.13. The van der Waals surface area contributed by atoms with Crippen LogP contribution >= 0.6 is 0 Å².